The van der Waals surface area contributed by atoms with Gasteiger partial charge in [0.05, 0.1) is 0 Å². The Balaban J connectivity index is 1.51. The first-order chi connectivity index (χ1) is 14.8. The number of nitrogens with zero attached hydrogens (tertiary/aromatic N) is 1. The lowest BCUT2D eigenvalue weighted by Crippen LogP contribution is -2.41. The highest BCUT2D eigenvalue weighted by Crippen LogP contribution is 2.38. The van der Waals surface area contributed by atoms with Gasteiger partial charge in [-0.2, -0.15) is 0 Å². The molecule has 3 aliphatic rings. The van der Waals surface area contributed by atoms with Crippen LogP contribution in [0.2, 0.25) is 0 Å². The Bertz CT molecular complexity index is 426. The van der Waals surface area contributed by atoms with Gasteiger partial charge >= 0.3 is 0 Å². The van der Waals surface area contributed by atoms with E-state index >= 15 is 0 Å². The first-order valence-electron chi connectivity index (χ1n) is 14.5. The van der Waals surface area contributed by atoms with Crippen molar-refractivity contribution in [2.24, 2.45) is 17.8 Å². The predicted octanol–water partition coefficient (Wildman–Crippen LogP) is 9.15. The molecule has 3 rings (SSSR count). The van der Waals surface area contributed by atoms with Crippen LogP contribution in [0.4, 0.5) is 0 Å². The van der Waals surface area contributed by atoms with Crippen molar-refractivity contribution in [3.63, 3.8) is 0 Å². The summed E-state index contributed by atoms with van der Waals surface area (Å²) in [5.74, 6) is 3.19. The number of hydrogen-bond donors (Lipinski definition) is 0. The van der Waals surface area contributed by atoms with Crippen molar-refractivity contribution in [3.05, 3.63) is 0 Å². The fourth-order valence-corrected chi connectivity index (χ4v) is 7.34. The molecule has 1 nitrogen and oxygen atoms in total. The van der Waals surface area contributed by atoms with Crippen LogP contribution >= 0.6 is 0 Å². The van der Waals surface area contributed by atoms with E-state index in [4.69, 9.17) is 0 Å². The quantitative estimate of drug-likeness (QED) is 0.380. The molecule has 0 heterocycles. The molecule has 3 saturated carbocycles. The molecule has 0 bridgehead atoms. The van der Waals surface area contributed by atoms with Crippen LogP contribution in [0.3, 0.4) is 0 Å². The normalized spacial score (nSPS) is 31.1. The van der Waals surface area contributed by atoms with Gasteiger partial charge in [-0.1, -0.05) is 116 Å². The molecule has 0 amide bonds. The number of hydrogen-bond acceptors (Lipinski definition) is 1. The monoisotopic (exact) mass is 417 g/mol. The second kappa shape index (κ2) is 14.2. The van der Waals surface area contributed by atoms with E-state index in [9.17, 15) is 0 Å². The summed E-state index contributed by atoms with van der Waals surface area (Å²) < 4.78 is 0. The molecular formula is C29H55N. The summed E-state index contributed by atoms with van der Waals surface area (Å²) in [4.78, 5) is 2.98. The zero-order valence-electron chi connectivity index (χ0n) is 20.9. The summed E-state index contributed by atoms with van der Waals surface area (Å²) >= 11 is 0. The van der Waals surface area contributed by atoms with Crippen LogP contribution in [-0.2, 0) is 0 Å². The van der Waals surface area contributed by atoms with Crippen molar-refractivity contribution >= 4 is 0 Å². The molecule has 0 aliphatic heterocycles. The molecule has 0 radical (unpaired) electrons. The molecule has 4 atom stereocenters. The topological polar surface area (TPSA) is 3.24 Å². The van der Waals surface area contributed by atoms with E-state index < -0.39 is 0 Å². The maximum Gasteiger partial charge on any atom is 0.00980 e. The molecule has 30 heavy (non-hydrogen) atoms. The summed E-state index contributed by atoms with van der Waals surface area (Å²) in [6.45, 7) is 6.29. The lowest BCUT2D eigenvalue weighted by molar-refractivity contribution is 0.123. The highest BCUT2D eigenvalue weighted by atomic mass is 15.2. The third-order valence-electron chi connectivity index (χ3n) is 9.32. The van der Waals surface area contributed by atoms with Gasteiger partial charge in [0.25, 0.3) is 0 Å². The van der Waals surface area contributed by atoms with Gasteiger partial charge in [-0.15, -0.1) is 0 Å². The van der Waals surface area contributed by atoms with Crippen LogP contribution in [0, 0.1) is 17.8 Å². The third-order valence-corrected chi connectivity index (χ3v) is 9.32. The second-order valence-corrected chi connectivity index (χ2v) is 11.5. The minimum absolute atomic E-state index is 0.808. The minimum atomic E-state index is 0.808. The summed E-state index contributed by atoms with van der Waals surface area (Å²) in [5.41, 5.74) is 0. The molecule has 0 aromatic heterocycles. The maximum absolute atomic E-state index is 2.98. The maximum atomic E-state index is 2.98. The van der Waals surface area contributed by atoms with Gasteiger partial charge in [-0.05, 0) is 56.9 Å². The van der Waals surface area contributed by atoms with Crippen molar-refractivity contribution in [1.82, 2.24) is 4.90 Å². The first kappa shape index (κ1) is 24.6. The zero-order valence-corrected chi connectivity index (χ0v) is 20.9. The SMILES string of the molecule is CCCCC(C)N(CCC1CCCCCCC2CCCCC2CCC1)C1CCCC1. The summed E-state index contributed by atoms with van der Waals surface area (Å²) in [6.07, 6.45) is 31.5. The van der Waals surface area contributed by atoms with E-state index in [0.29, 0.717) is 0 Å². The Morgan fingerprint density at radius 2 is 1.20 bits per heavy atom. The fraction of sp³-hybridized carbons (Fsp3) is 1.00. The Kier molecular flexibility index (Phi) is 11.6. The van der Waals surface area contributed by atoms with Gasteiger partial charge in [0, 0.05) is 12.1 Å². The van der Waals surface area contributed by atoms with Crippen molar-refractivity contribution in [2.45, 2.75) is 161 Å². The van der Waals surface area contributed by atoms with Gasteiger partial charge in [0.1, 0.15) is 0 Å². The summed E-state index contributed by atoms with van der Waals surface area (Å²) in [7, 11) is 0. The van der Waals surface area contributed by atoms with Crippen LogP contribution in [-0.4, -0.2) is 23.5 Å². The summed E-state index contributed by atoms with van der Waals surface area (Å²) in [6, 6.07) is 1.72. The van der Waals surface area contributed by atoms with Crippen LogP contribution < -0.4 is 0 Å². The molecular weight excluding hydrogens is 362 g/mol. The van der Waals surface area contributed by atoms with E-state index in [0.717, 1.165) is 29.8 Å². The lowest BCUT2D eigenvalue weighted by atomic mass is 9.73. The first-order valence-corrected chi connectivity index (χ1v) is 14.5. The van der Waals surface area contributed by atoms with Gasteiger partial charge < -0.3 is 0 Å². The average Bonchev–Trinajstić information content (AvgIpc) is 3.28. The molecule has 3 fully saturated rings. The number of rotatable bonds is 8. The van der Waals surface area contributed by atoms with Crippen LogP contribution in [0.15, 0.2) is 0 Å². The van der Waals surface area contributed by atoms with E-state index in [2.05, 4.69) is 18.7 Å². The molecule has 1 heteroatoms. The highest BCUT2D eigenvalue weighted by molar-refractivity contribution is 4.82. The lowest BCUT2D eigenvalue weighted by Gasteiger charge is -2.36. The van der Waals surface area contributed by atoms with Crippen LogP contribution in [0.1, 0.15) is 149 Å². The van der Waals surface area contributed by atoms with Crippen molar-refractivity contribution in [1.29, 1.82) is 0 Å². The van der Waals surface area contributed by atoms with Gasteiger partial charge in [-0.3, -0.25) is 4.90 Å². The van der Waals surface area contributed by atoms with Gasteiger partial charge in [-0.25, -0.2) is 0 Å². The fourth-order valence-electron chi connectivity index (χ4n) is 7.34. The molecule has 0 aromatic rings. The predicted molar refractivity (Wildman–Crippen MR) is 133 cm³/mol. The Morgan fingerprint density at radius 3 is 1.87 bits per heavy atom. The second-order valence-electron chi connectivity index (χ2n) is 11.5. The Labute approximate surface area is 190 Å². The highest BCUT2D eigenvalue weighted by Gasteiger charge is 2.28. The molecule has 0 aromatic carbocycles. The molecule has 4 unspecified atom stereocenters. The smallest absolute Gasteiger partial charge is 0.00980 e. The molecule has 0 saturated heterocycles. The standard InChI is InChI=1S/C29H55N/c1-3-4-14-25(2)30(29-21-11-12-22-29)24-23-26-15-7-5-6-8-17-27-18-9-10-19-28(27)20-13-16-26/h25-29H,3-24H2,1-2H3. The summed E-state index contributed by atoms with van der Waals surface area (Å²) in [5, 5.41) is 0. The van der Waals surface area contributed by atoms with Crippen molar-refractivity contribution in [3.8, 4) is 0 Å². The molecule has 0 N–H and O–H groups in total. The van der Waals surface area contributed by atoms with E-state index in [1.807, 2.05) is 0 Å². The number of fused-ring (bicyclic) bond motifs is 1. The van der Waals surface area contributed by atoms with Crippen LogP contribution in [0.5, 0.6) is 0 Å². The Hall–Kier alpha value is -0.0400. The van der Waals surface area contributed by atoms with Crippen molar-refractivity contribution < 1.29 is 0 Å². The average molecular weight is 418 g/mol. The van der Waals surface area contributed by atoms with Crippen molar-refractivity contribution in [2.75, 3.05) is 6.54 Å². The van der Waals surface area contributed by atoms with E-state index in [-0.39, 0.29) is 0 Å². The third kappa shape index (κ3) is 8.14. The largest absolute Gasteiger partial charge is 0.298 e. The van der Waals surface area contributed by atoms with E-state index in [1.54, 1.807) is 25.7 Å². The Morgan fingerprint density at radius 1 is 0.667 bits per heavy atom. The van der Waals surface area contributed by atoms with Gasteiger partial charge in [0.2, 0.25) is 0 Å². The number of unbranched alkanes of at least 4 members (excludes halogenated alkanes) is 1. The molecule has 176 valence electrons. The molecule has 3 aliphatic carbocycles. The van der Waals surface area contributed by atoms with Crippen LogP contribution in [0.25, 0.3) is 0 Å². The van der Waals surface area contributed by atoms with Gasteiger partial charge in [0.15, 0.2) is 0 Å². The molecule has 0 spiro atoms. The zero-order chi connectivity index (χ0) is 21.0. The van der Waals surface area contributed by atoms with E-state index in [1.165, 1.54) is 116 Å². The minimum Gasteiger partial charge on any atom is -0.298 e.